The summed E-state index contributed by atoms with van der Waals surface area (Å²) in [7, 11) is -4.11. The fourth-order valence-electron chi connectivity index (χ4n) is 4.17. The molecule has 2 amide bonds. The summed E-state index contributed by atoms with van der Waals surface area (Å²) in [5, 5.41) is 22.7. The number of fused-ring (bicyclic) bond motifs is 1. The Morgan fingerprint density at radius 2 is 1.88 bits per heavy atom. The quantitative estimate of drug-likeness (QED) is 0.307. The molecule has 3 aromatic carbocycles. The number of hydrogen-bond acceptors (Lipinski definition) is 6. The Morgan fingerprint density at radius 3 is 2.60 bits per heavy atom. The summed E-state index contributed by atoms with van der Waals surface area (Å²) < 4.78 is 63.1. The van der Waals surface area contributed by atoms with Gasteiger partial charge in [-0.3, -0.25) is 4.31 Å². The third-order valence-corrected chi connectivity index (χ3v) is 7.98. The van der Waals surface area contributed by atoms with Gasteiger partial charge in [-0.2, -0.15) is 0 Å². The van der Waals surface area contributed by atoms with Crippen molar-refractivity contribution in [3.63, 3.8) is 0 Å². The van der Waals surface area contributed by atoms with Gasteiger partial charge >= 0.3 is 12.0 Å². The van der Waals surface area contributed by atoms with Crippen LogP contribution in [0.4, 0.5) is 19.3 Å². The summed E-state index contributed by atoms with van der Waals surface area (Å²) in [5.41, 5.74) is 1.09. The number of halogens is 2. The molecule has 0 saturated carbocycles. The van der Waals surface area contributed by atoms with Gasteiger partial charge in [0.25, 0.3) is 10.0 Å². The molecular formula is C27H27F2N3O7S. The van der Waals surface area contributed by atoms with Crippen molar-refractivity contribution in [2.24, 2.45) is 0 Å². The molecule has 4 rings (SSSR count). The molecule has 1 aliphatic heterocycles. The SMILES string of the molecule is Cc1cccc(S(=O)(=O)N2C[C@H](CCNC(=O)NC[C@H](O)C(=O)O)Oc3ccc(-c4cc(F)ccc4F)cc32)c1. The van der Waals surface area contributed by atoms with Crippen LogP contribution in [0.1, 0.15) is 12.0 Å². The first-order valence-electron chi connectivity index (χ1n) is 12.2. The first kappa shape index (κ1) is 28.8. The number of hydrogen-bond donors (Lipinski definition) is 4. The number of aliphatic hydroxyl groups excluding tert-OH is 1. The van der Waals surface area contributed by atoms with Gasteiger partial charge in [0.05, 0.1) is 23.7 Å². The summed E-state index contributed by atoms with van der Waals surface area (Å²) in [5.74, 6) is -2.61. The second-order valence-electron chi connectivity index (χ2n) is 9.18. The molecule has 1 aliphatic rings. The molecule has 0 unspecified atom stereocenters. The Morgan fingerprint density at radius 1 is 1.10 bits per heavy atom. The number of aryl methyl sites for hydroxylation is 1. The standard InChI is InChI=1S/C27H27F2N3O7S/c1-16-3-2-4-20(11-16)40(37,38)32-15-19(9-10-30-27(36)31-14-24(33)26(34)35)39-25-8-5-17(12-23(25)32)21-13-18(28)6-7-22(21)29/h2-8,11-13,19,24,33H,9-10,14-15H2,1H3,(H,34,35)(H2,30,31,36)/t19-,24-/m0/s1. The van der Waals surface area contributed by atoms with Crippen LogP contribution in [0.5, 0.6) is 5.75 Å². The third kappa shape index (κ3) is 6.49. The van der Waals surface area contributed by atoms with E-state index in [9.17, 15) is 31.9 Å². The number of nitrogens with zero attached hydrogens (tertiary/aromatic N) is 1. The predicted molar refractivity (Wildman–Crippen MR) is 142 cm³/mol. The zero-order chi connectivity index (χ0) is 29.0. The van der Waals surface area contributed by atoms with Gasteiger partial charge in [-0.25, -0.2) is 26.8 Å². The van der Waals surface area contributed by atoms with Gasteiger partial charge in [0, 0.05) is 18.5 Å². The fourth-order valence-corrected chi connectivity index (χ4v) is 5.77. The molecule has 0 saturated heterocycles. The Labute approximate surface area is 229 Å². The minimum atomic E-state index is -4.11. The molecule has 1 heterocycles. The zero-order valence-corrected chi connectivity index (χ0v) is 22.1. The van der Waals surface area contributed by atoms with Gasteiger partial charge in [-0.15, -0.1) is 0 Å². The number of ether oxygens (including phenoxy) is 1. The van der Waals surface area contributed by atoms with Crippen LogP contribution in [0, 0.1) is 18.6 Å². The van der Waals surface area contributed by atoms with Gasteiger partial charge < -0.3 is 25.6 Å². The Kier molecular flexibility index (Phi) is 8.55. The Balaban J connectivity index is 1.60. The molecule has 0 radical (unpaired) electrons. The van der Waals surface area contributed by atoms with E-state index in [1.54, 1.807) is 19.1 Å². The normalized spacial score (nSPS) is 15.5. The van der Waals surface area contributed by atoms with Crippen molar-refractivity contribution in [2.45, 2.75) is 30.4 Å². The van der Waals surface area contributed by atoms with E-state index in [0.717, 1.165) is 28.1 Å². The number of carbonyl (C=O) groups is 2. The van der Waals surface area contributed by atoms with Crippen LogP contribution < -0.4 is 19.7 Å². The van der Waals surface area contributed by atoms with Gasteiger partial charge in [-0.05, 0) is 60.5 Å². The van der Waals surface area contributed by atoms with E-state index in [-0.39, 0.29) is 47.0 Å². The first-order valence-corrected chi connectivity index (χ1v) is 13.7. The maximum absolute atomic E-state index is 14.5. The number of carbonyl (C=O) groups excluding carboxylic acids is 1. The van der Waals surface area contributed by atoms with E-state index in [4.69, 9.17) is 9.84 Å². The van der Waals surface area contributed by atoms with Crippen LogP contribution >= 0.6 is 0 Å². The molecular weight excluding hydrogens is 548 g/mol. The number of urea groups is 1. The summed E-state index contributed by atoms with van der Waals surface area (Å²) in [6.45, 7) is 1.16. The Hall–Kier alpha value is -4.23. The highest BCUT2D eigenvalue weighted by molar-refractivity contribution is 7.92. The van der Waals surface area contributed by atoms with E-state index in [0.29, 0.717) is 0 Å². The van der Waals surface area contributed by atoms with Crippen molar-refractivity contribution in [1.29, 1.82) is 0 Å². The molecule has 2 atom stereocenters. The highest BCUT2D eigenvalue weighted by atomic mass is 32.2. The molecule has 4 N–H and O–H groups in total. The molecule has 3 aromatic rings. The molecule has 212 valence electrons. The smallest absolute Gasteiger partial charge is 0.334 e. The van der Waals surface area contributed by atoms with Crippen LogP contribution in [-0.2, 0) is 14.8 Å². The molecule has 0 spiro atoms. The third-order valence-electron chi connectivity index (χ3n) is 6.20. The molecule has 40 heavy (non-hydrogen) atoms. The van der Waals surface area contributed by atoms with Gasteiger partial charge in [-0.1, -0.05) is 18.2 Å². The number of carboxylic acid groups (broad SMARTS) is 1. The lowest BCUT2D eigenvalue weighted by molar-refractivity contribution is -0.146. The predicted octanol–water partition coefficient (Wildman–Crippen LogP) is 3.03. The highest BCUT2D eigenvalue weighted by Crippen LogP contribution is 2.41. The van der Waals surface area contributed by atoms with Crippen molar-refractivity contribution in [1.82, 2.24) is 10.6 Å². The second kappa shape index (κ2) is 11.9. The van der Waals surface area contributed by atoms with Crippen LogP contribution in [0.25, 0.3) is 11.1 Å². The molecule has 10 nitrogen and oxygen atoms in total. The van der Waals surface area contributed by atoms with E-state index >= 15 is 0 Å². The lowest BCUT2D eigenvalue weighted by atomic mass is 10.0. The number of amides is 2. The average Bonchev–Trinajstić information content (AvgIpc) is 2.92. The first-order chi connectivity index (χ1) is 19.0. The van der Waals surface area contributed by atoms with Crippen molar-refractivity contribution < 1.29 is 41.7 Å². The summed E-state index contributed by atoms with van der Waals surface area (Å²) in [6, 6.07) is 13.0. The maximum Gasteiger partial charge on any atom is 0.334 e. The lowest BCUT2D eigenvalue weighted by Gasteiger charge is -2.36. The van der Waals surface area contributed by atoms with Gasteiger partial charge in [0.15, 0.2) is 6.10 Å². The minimum Gasteiger partial charge on any atom is -0.486 e. The number of sulfonamides is 1. The Bertz CT molecular complexity index is 1530. The van der Waals surface area contributed by atoms with E-state index in [1.165, 1.54) is 30.3 Å². The minimum absolute atomic E-state index is 0.0379. The number of anilines is 1. The zero-order valence-electron chi connectivity index (χ0n) is 21.3. The number of rotatable bonds is 9. The number of aliphatic carboxylic acids is 1. The number of aliphatic hydroxyl groups is 1. The van der Waals surface area contributed by atoms with Crippen LogP contribution in [-0.4, -0.2) is 62.5 Å². The molecule has 0 fully saturated rings. The number of nitrogens with one attached hydrogen (secondary N) is 2. The van der Waals surface area contributed by atoms with Crippen molar-refractivity contribution in [3.05, 3.63) is 77.9 Å². The topological polar surface area (TPSA) is 145 Å². The van der Waals surface area contributed by atoms with Crippen molar-refractivity contribution in [2.75, 3.05) is 23.9 Å². The largest absolute Gasteiger partial charge is 0.486 e. The molecule has 0 bridgehead atoms. The van der Waals surface area contributed by atoms with Crippen molar-refractivity contribution in [3.8, 4) is 16.9 Å². The van der Waals surface area contributed by atoms with Gasteiger partial charge in [0.1, 0.15) is 23.5 Å². The van der Waals surface area contributed by atoms with E-state index < -0.39 is 52.4 Å². The van der Waals surface area contributed by atoms with Crippen molar-refractivity contribution >= 4 is 27.7 Å². The highest BCUT2D eigenvalue weighted by Gasteiger charge is 2.35. The maximum atomic E-state index is 14.5. The number of carboxylic acids is 1. The lowest BCUT2D eigenvalue weighted by Crippen LogP contribution is -2.46. The summed E-state index contributed by atoms with van der Waals surface area (Å²) in [6.07, 6.45) is -2.28. The van der Waals surface area contributed by atoms with Crippen LogP contribution in [0.15, 0.2) is 65.6 Å². The average molecular weight is 576 g/mol. The second-order valence-corrected chi connectivity index (χ2v) is 11.0. The van der Waals surface area contributed by atoms with Crippen LogP contribution in [0.2, 0.25) is 0 Å². The summed E-state index contributed by atoms with van der Waals surface area (Å²) in [4.78, 5) is 22.7. The summed E-state index contributed by atoms with van der Waals surface area (Å²) >= 11 is 0. The van der Waals surface area contributed by atoms with Crippen LogP contribution in [0.3, 0.4) is 0 Å². The van der Waals surface area contributed by atoms with E-state index in [1.807, 2.05) is 0 Å². The fraction of sp³-hybridized carbons (Fsp3) is 0.259. The van der Waals surface area contributed by atoms with Gasteiger partial charge in [0.2, 0.25) is 0 Å². The molecule has 13 heteroatoms. The van der Waals surface area contributed by atoms with E-state index in [2.05, 4.69) is 10.6 Å². The molecule has 0 aliphatic carbocycles. The molecule has 0 aromatic heterocycles. The monoisotopic (exact) mass is 575 g/mol. The number of benzene rings is 3.